The number of aliphatic hydroxyl groups excluding tert-OH is 2. The minimum atomic E-state index is 0.0177. The number of ether oxygens (including phenoxy) is 2. The summed E-state index contributed by atoms with van der Waals surface area (Å²) < 4.78 is 11.3. The van der Waals surface area contributed by atoms with Crippen LogP contribution in [0.3, 0.4) is 0 Å². The molecule has 0 fully saturated rings. The molecule has 0 aliphatic carbocycles. The summed E-state index contributed by atoms with van der Waals surface area (Å²) in [6.45, 7) is 8.80. The summed E-state index contributed by atoms with van der Waals surface area (Å²) >= 11 is 0. The smallest absolute Gasteiger partial charge is 0.125 e. The Morgan fingerprint density at radius 1 is 0.640 bits per heavy atom. The normalized spacial score (nSPS) is 10.8. The van der Waals surface area contributed by atoms with Crippen LogP contribution in [0.5, 0.6) is 11.5 Å². The third-order valence-electron chi connectivity index (χ3n) is 4.12. The quantitative estimate of drug-likeness (QED) is 0.772. The predicted octanol–water partition coefficient (Wildman–Crippen LogP) is 3.25. The van der Waals surface area contributed by atoms with E-state index in [1.54, 1.807) is 0 Å². The Morgan fingerprint density at radius 3 is 1.24 bits per heavy atom. The summed E-state index contributed by atoms with van der Waals surface area (Å²) in [5.74, 6) is 1.72. The van der Waals surface area contributed by atoms with Crippen molar-refractivity contribution in [1.29, 1.82) is 0 Å². The zero-order valence-electron chi connectivity index (χ0n) is 15.6. The number of hydrogen-bond acceptors (Lipinski definition) is 4. The fraction of sp³-hybridized carbons (Fsp3) is 0.429. The average Bonchev–Trinajstić information content (AvgIpc) is 2.53. The van der Waals surface area contributed by atoms with Gasteiger partial charge in [0.1, 0.15) is 24.7 Å². The van der Waals surface area contributed by atoms with Gasteiger partial charge in [0.15, 0.2) is 0 Å². The van der Waals surface area contributed by atoms with Crippen LogP contribution < -0.4 is 9.47 Å². The van der Waals surface area contributed by atoms with E-state index in [9.17, 15) is 0 Å². The van der Waals surface area contributed by atoms with E-state index in [4.69, 9.17) is 19.7 Å². The molecule has 0 saturated heterocycles. The van der Waals surface area contributed by atoms with Crippen LogP contribution in [-0.2, 0) is 6.42 Å². The van der Waals surface area contributed by atoms with Crippen LogP contribution in [0.2, 0.25) is 0 Å². The Morgan fingerprint density at radius 2 is 0.960 bits per heavy atom. The van der Waals surface area contributed by atoms with E-state index in [0.29, 0.717) is 13.2 Å². The lowest BCUT2D eigenvalue weighted by atomic mass is 9.97. The Hall–Kier alpha value is -2.04. The van der Waals surface area contributed by atoms with Crippen LogP contribution in [0, 0.1) is 27.7 Å². The number of aliphatic hydroxyl groups is 2. The molecule has 0 heterocycles. The van der Waals surface area contributed by atoms with Crippen molar-refractivity contribution in [2.75, 3.05) is 26.4 Å². The molecule has 0 bridgehead atoms. The van der Waals surface area contributed by atoms with Crippen LogP contribution in [-0.4, -0.2) is 36.6 Å². The highest BCUT2D eigenvalue weighted by Gasteiger charge is 2.10. The minimum Gasteiger partial charge on any atom is -0.491 e. The van der Waals surface area contributed by atoms with Crippen LogP contribution in [0.25, 0.3) is 0 Å². The van der Waals surface area contributed by atoms with E-state index in [1.165, 1.54) is 11.1 Å². The average molecular weight is 344 g/mol. The predicted molar refractivity (Wildman–Crippen MR) is 99.8 cm³/mol. The first-order valence-electron chi connectivity index (χ1n) is 8.63. The molecule has 0 saturated carbocycles. The van der Waals surface area contributed by atoms with Crippen molar-refractivity contribution in [2.45, 2.75) is 34.1 Å². The summed E-state index contributed by atoms with van der Waals surface area (Å²) in [5, 5.41) is 17.9. The molecule has 136 valence electrons. The Labute approximate surface area is 150 Å². The Balaban J connectivity index is 2.22. The molecule has 2 aromatic carbocycles. The lowest BCUT2D eigenvalue weighted by Gasteiger charge is -2.15. The highest BCUT2D eigenvalue weighted by Crippen LogP contribution is 2.29. The molecule has 0 aromatic heterocycles. The lowest BCUT2D eigenvalue weighted by molar-refractivity contribution is 0.200. The van der Waals surface area contributed by atoms with Crippen molar-refractivity contribution >= 4 is 0 Å². The molecule has 0 aliphatic heterocycles. The maximum atomic E-state index is 8.94. The van der Waals surface area contributed by atoms with E-state index in [1.807, 2.05) is 27.7 Å². The van der Waals surface area contributed by atoms with Crippen LogP contribution >= 0.6 is 0 Å². The molecular formula is C21H28O4. The molecule has 0 aliphatic rings. The van der Waals surface area contributed by atoms with Gasteiger partial charge in [0.05, 0.1) is 13.2 Å². The van der Waals surface area contributed by atoms with Gasteiger partial charge in [-0.25, -0.2) is 0 Å². The molecule has 2 N–H and O–H groups in total. The van der Waals surface area contributed by atoms with Crippen molar-refractivity contribution in [3.05, 3.63) is 57.6 Å². The highest BCUT2D eigenvalue weighted by molar-refractivity contribution is 5.47. The van der Waals surface area contributed by atoms with Gasteiger partial charge < -0.3 is 19.7 Å². The Bertz CT molecular complexity index is 614. The Kier molecular flexibility index (Phi) is 6.85. The third kappa shape index (κ3) is 4.97. The van der Waals surface area contributed by atoms with Gasteiger partial charge in [-0.15, -0.1) is 0 Å². The third-order valence-corrected chi connectivity index (χ3v) is 4.12. The molecule has 2 aromatic rings. The molecule has 4 heteroatoms. The largest absolute Gasteiger partial charge is 0.491 e. The van der Waals surface area contributed by atoms with Crippen molar-refractivity contribution in [3.63, 3.8) is 0 Å². The second-order valence-electron chi connectivity index (χ2n) is 6.44. The van der Waals surface area contributed by atoms with Gasteiger partial charge in [0.2, 0.25) is 0 Å². The van der Waals surface area contributed by atoms with Crippen molar-refractivity contribution < 1.29 is 19.7 Å². The SMILES string of the molecule is Cc1cc(Cc2cc(C)c(OCCO)c(C)c2)cc(C)c1OCCO. The monoisotopic (exact) mass is 344 g/mol. The van der Waals surface area contributed by atoms with Crippen molar-refractivity contribution in [2.24, 2.45) is 0 Å². The summed E-state index contributed by atoms with van der Waals surface area (Å²) in [7, 11) is 0. The van der Waals surface area contributed by atoms with E-state index >= 15 is 0 Å². The molecule has 0 radical (unpaired) electrons. The van der Waals surface area contributed by atoms with Gasteiger partial charge in [-0.1, -0.05) is 24.3 Å². The maximum Gasteiger partial charge on any atom is 0.125 e. The van der Waals surface area contributed by atoms with Crippen LogP contribution in [0.4, 0.5) is 0 Å². The fourth-order valence-electron chi connectivity index (χ4n) is 3.27. The van der Waals surface area contributed by atoms with Crippen LogP contribution in [0.15, 0.2) is 24.3 Å². The molecule has 25 heavy (non-hydrogen) atoms. The molecule has 0 amide bonds. The van der Waals surface area contributed by atoms with Gasteiger partial charge in [-0.2, -0.15) is 0 Å². The van der Waals surface area contributed by atoms with Gasteiger partial charge in [0, 0.05) is 0 Å². The highest BCUT2D eigenvalue weighted by atomic mass is 16.5. The van der Waals surface area contributed by atoms with Crippen molar-refractivity contribution in [1.82, 2.24) is 0 Å². The second-order valence-corrected chi connectivity index (χ2v) is 6.44. The summed E-state index contributed by atoms with van der Waals surface area (Å²) in [6, 6.07) is 8.56. The van der Waals surface area contributed by atoms with Gasteiger partial charge >= 0.3 is 0 Å². The zero-order chi connectivity index (χ0) is 18.4. The lowest BCUT2D eigenvalue weighted by Crippen LogP contribution is -2.06. The first kappa shape index (κ1) is 19.3. The first-order valence-corrected chi connectivity index (χ1v) is 8.63. The minimum absolute atomic E-state index is 0.0177. The summed E-state index contributed by atoms with van der Waals surface area (Å²) in [6.07, 6.45) is 0.837. The molecule has 0 atom stereocenters. The van der Waals surface area contributed by atoms with E-state index in [-0.39, 0.29) is 13.2 Å². The molecule has 0 unspecified atom stereocenters. The van der Waals surface area contributed by atoms with E-state index < -0.39 is 0 Å². The summed E-state index contributed by atoms with van der Waals surface area (Å²) in [4.78, 5) is 0. The van der Waals surface area contributed by atoms with Gasteiger partial charge in [0.25, 0.3) is 0 Å². The molecule has 4 nitrogen and oxygen atoms in total. The topological polar surface area (TPSA) is 58.9 Å². The maximum absolute atomic E-state index is 8.94. The van der Waals surface area contributed by atoms with Gasteiger partial charge in [-0.05, 0) is 67.5 Å². The number of aryl methyl sites for hydroxylation is 4. The van der Waals surface area contributed by atoms with Crippen LogP contribution in [0.1, 0.15) is 33.4 Å². The second kappa shape index (κ2) is 8.88. The van der Waals surface area contributed by atoms with E-state index in [0.717, 1.165) is 40.2 Å². The fourth-order valence-corrected chi connectivity index (χ4v) is 3.27. The molecule has 0 spiro atoms. The van der Waals surface area contributed by atoms with Gasteiger partial charge in [-0.3, -0.25) is 0 Å². The zero-order valence-corrected chi connectivity index (χ0v) is 15.6. The van der Waals surface area contributed by atoms with E-state index in [2.05, 4.69) is 24.3 Å². The summed E-state index contributed by atoms with van der Waals surface area (Å²) in [5.41, 5.74) is 6.79. The standard InChI is InChI=1S/C21H28O4/c1-14-9-18(10-15(2)20(14)24-7-5-22)13-19-11-16(3)21(17(4)12-19)25-8-6-23/h9-12,22-23H,5-8,13H2,1-4H3. The number of hydrogen-bond donors (Lipinski definition) is 2. The molecular weight excluding hydrogens is 316 g/mol. The van der Waals surface area contributed by atoms with Crippen molar-refractivity contribution in [3.8, 4) is 11.5 Å². The number of rotatable bonds is 8. The molecule has 2 rings (SSSR count). The first-order chi connectivity index (χ1) is 12.0. The number of benzene rings is 2.